The van der Waals surface area contributed by atoms with Gasteiger partial charge in [0.25, 0.3) is 0 Å². The van der Waals surface area contributed by atoms with Crippen molar-refractivity contribution in [3.8, 4) is 0 Å². The molecule has 1 aromatic heterocycles. The lowest BCUT2D eigenvalue weighted by Crippen LogP contribution is -2.18. The quantitative estimate of drug-likeness (QED) is 0.803. The summed E-state index contributed by atoms with van der Waals surface area (Å²) in [6, 6.07) is 3.04. The monoisotopic (exact) mass is 256 g/mol. The Labute approximate surface area is 103 Å². The van der Waals surface area contributed by atoms with Gasteiger partial charge in [-0.25, -0.2) is 9.78 Å². The molecule has 2 atom stereocenters. The van der Waals surface area contributed by atoms with E-state index in [9.17, 15) is 9.00 Å². The number of carbonyl (C=O) groups is 1. The topological polar surface area (TPSA) is 79.3 Å². The molecule has 0 aliphatic carbocycles. The summed E-state index contributed by atoms with van der Waals surface area (Å²) in [6.45, 7) is 1.95. The highest BCUT2D eigenvalue weighted by atomic mass is 32.2. The van der Waals surface area contributed by atoms with Gasteiger partial charge < -0.3 is 10.4 Å². The maximum Gasteiger partial charge on any atom is 0.335 e. The van der Waals surface area contributed by atoms with E-state index < -0.39 is 16.8 Å². The van der Waals surface area contributed by atoms with Crippen LogP contribution < -0.4 is 5.32 Å². The van der Waals surface area contributed by atoms with Gasteiger partial charge >= 0.3 is 5.97 Å². The first-order valence-electron chi connectivity index (χ1n) is 5.25. The molecule has 6 heteroatoms. The highest BCUT2D eigenvalue weighted by Gasteiger charge is 2.07. The molecule has 0 aliphatic rings. The minimum Gasteiger partial charge on any atom is -0.478 e. The van der Waals surface area contributed by atoms with Gasteiger partial charge in [0, 0.05) is 35.0 Å². The summed E-state index contributed by atoms with van der Waals surface area (Å²) in [7, 11) is -0.810. The third-order valence-electron chi connectivity index (χ3n) is 2.24. The number of carboxylic acids is 1. The minimum atomic E-state index is -0.974. The maximum atomic E-state index is 10.9. The summed E-state index contributed by atoms with van der Waals surface area (Å²) in [5.74, 6) is 0.171. The van der Waals surface area contributed by atoms with Gasteiger partial charge in [-0.15, -0.1) is 0 Å². The van der Waals surface area contributed by atoms with Gasteiger partial charge in [-0.05, 0) is 25.5 Å². The summed E-state index contributed by atoms with van der Waals surface area (Å²) in [5, 5.41) is 11.9. The van der Waals surface area contributed by atoms with Gasteiger partial charge in [0.05, 0.1) is 5.56 Å². The SMILES string of the molecule is CC(CCS(C)=O)Nc1cc(C(=O)O)ccn1. The lowest BCUT2D eigenvalue weighted by atomic mass is 10.2. The molecule has 2 N–H and O–H groups in total. The van der Waals surface area contributed by atoms with E-state index in [1.807, 2.05) is 6.92 Å². The van der Waals surface area contributed by atoms with E-state index in [1.54, 1.807) is 6.26 Å². The Bertz CT molecular complexity index is 423. The first-order valence-corrected chi connectivity index (χ1v) is 6.97. The van der Waals surface area contributed by atoms with Crippen molar-refractivity contribution in [2.24, 2.45) is 0 Å². The third-order valence-corrected chi connectivity index (χ3v) is 3.05. The Kier molecular flexibility index (Phi) is 5.09. The normalized spacial score (nSPS) is 14.0. The number of hydrogen-bond donors (Lipinski definition) is 2. The standard InChI is InChI=1S/C11H16N2O3S/c1-8(4-6-17(2)16)13-10-7-9(11(14)15)3-5-12-10/h3,5,7-8H,4,6H2,1-2H3,(H,12,13)(H,14,15). The summed E-state index contributed by atoms with van der Waals surface area (Å²) in [6.07, 6.45) is 3.87. The molecule has 0 radical (unpaired) electrons. The molecule has 0 aromatic carbocycles. The van der Waals surface area contributed by atoms with Crippen LogP contribution in [0.25, 0.3) is 0 Å². The van der Waals surface area contributed by atoms with E-state index in [2.05, 4.69) is 10.3 Å². The van der Waals surface area contributed by atoms with Crippen LogP contribution in [0.2, 0.25) is 0 Å². The van der Waals surface area contributed by atoms with Crippen LogP contribution >= 0.6 is 0 Å². The first kappa shape index (κ1) is 13.6. The third kappa shape index (κ3) is 4.95. The van der Waals surface area contributed by atoms with Crippen LogP contribution in [-0.2, 0) is 10.8 Å². The summed E-state index contributed by atoms with van der Waals surface area (Å²) in [4.78, 5) is 14.8. The Morgan fingerprint density at radius 1 is 1.65 bits per heavy atom. The van der Waals surface area contributed by atoms with Crippen molar-refractivity contribution in [3.63, 3.8) is 0 Å². The maximum absolute atomic E-state index is 10.9. The van der Waals surface area contributed by atoms with Crippen molar-refractivity contribution in [1.29, 1.82) is 0 Å². The molecule has 0 saturated carbocycles. The van der Waals surface area contributed by atoms with Crippen LogP contribution in [0.1, 0.15) is 23.7 Å². The van der Waals surface area contributed by atoms with E-state index in [4.69, 9.17) is 5.11 Å². The van der Waals surface area contributed by atoms with Crippen LogP contribution in [0.3, 0.4) is 0 Å². The average molecular weight is 256 g/mol. The molecular weight excluding hydrogens is 240 g/mol. The fourth-order valence-electron chi connectivity index (χ4n) is 1.31. The molecule has 0 bridgehead atoms. The van der Waals surface area contributed by atoms with Crippen molar-refractivity contribution >= 4 is 22.6 Å². The van der Waals surface area contributed by atoms with Crippen molar-refractivity contribution < 1.29 is 14.1 Å². The Hall–Kier alpha value is -1.43. The molecule has 1 rings (SSSR count). The zero-order valence-corrected chi connectivity index (χ0v) is 10.7. The lowest BCUT2D eigenvalue weighted by molar-refractivity contribution is 0.0697. The van der Waals surface area contributed by atoms with Gasteiger partial charge in [0.15, 0.2) is 0 Å². The van der Waals surface area contributed by atoms with Gasteiger partial charge in [-0.2, -0.15) is 0 Å². The van der Waals surface area contributed by atoms with Crippen molar-refractivity contribution in [1.82, 2.24) is 4.98 Å². The predicted molar refractivity (Wildman–Crippen MR) is 67.8 cm³/mol. The molecule has 94 valence electrons. The van der Waals surface area contributed by atoms with E-state index in [0.717, 1.165) is 6.42 Å². The number of carboxylic acid groups (broad SMARTS) is 1. The molecule has 17 heavy (non-hydrogen) atoms. The molecule has 1 heterocycles. The number of aromatic nitrogens is 1. The largest absolute Gasteiger partial charge is 0.478 e. The molecule has 0 saturated heterocycles. The number of nitrogens with zero attached hydrogens (tertiary/aromatic N) is 1. The van der Waals surface area contributed by atoms with Crippen LogP contribution in [0.15, 0.2) is 18.3 Å². The molecular formula is C11H16N2O3S. The molecule has 2 unspecified atom stereocenters. The fraction of sp³-hybridized carbons (Fsp3) is 0.455. The molecule has 1 aromatic rings. The second-order valence-electron chi connectivity index (χ2n) is 3.85. The van der Waals surface area contributed by atoms with Crippen LogP contribution in [0.5, 0.6) is 0 Å². The molecule has 0 amide bonds. The molecule has 0 spiro atoms. The van der Waals surface area contributed by atoms with Crippen molar-refractivity contribution in [2.45, 2.75) is 19.4 Å². The van der Waals surface area contributed by atoms with E-state index >= 15 is 0 Å². The minimum absolute atomic E-state index is 0.107. The summed E-state index contributed by atoms with van der Waals surface area (Å²) >= 11 is 0. The second-order valence-corrected chi connectivity index (χ2v) is 5.40. The van der Waals surface area contributed by atoms with Gasteiger partial charge in [0.2, 0.25) is 0 Å². The Balaban J connectivity index is 2.58. The zero-order valence-electron chi connectivity index (χ0n) is 9.84. The van der Waals surface area contributed by atoms with Gasteiger partial charge in [-0.3, -0.25) is 4.21 Å². The zero-order chi connectivity index (χ0) is 12.8. The van der Waals surface area contributed by atoms with Crippen molar-refractivity contribution in [3.05, 3.63) is 23.9 Å². The number of anilines is 1. The molecule has 0 aliphatic heterocycles. The van der Waals surface area contributed by atoms with E-state index in [1.165, 1.54) is 18.3 Å². The summed E-state index contributed by atoms with van der Waals surface area (Å²) < 4.78 is 10.9. The highest BCUT2D eigenvalue weighted by molar-refractivity contribution is 7.84. The van der Waals surface area contributed by atoms with E-state index in [0.29, 0.717) is 11.6 Å². The second kappa shape index (κ2) is 6.34. The van der Waals surface area contributed by atoms with Gasteiger partial charge in [0.1, 0.15) is 5.82 Å². The number of rotatable bonds is 6. The van der Waals surface area contributed by atoms with E-state index in [-0.39, 0.29) is 11.6 Å². The number of pyridine rings is 1. The fourth-order valence-corrected chi connectivity index (χ4v) is 2.00. The predicted octanol–water partition coefficient (Wildman–Crippen LogP) is 1.35. The van der Waals surface area contributed by atoms with Crippen LogP contribution in [-0.4, -0.2) is 38.3 Å². The number of nitrogens with one attached hydrogen (secondary N) is 1. The smallest absolute Gasteiger partial charge is 0.335 e. The molecule has 0 fully saturated rings. The van der Waals surface area contributed by atoms with Gasteiger partial charge in [-0.1, -0.05) is 0 Å². The number of hydrogen-bond acceptors (Lipinski definition) is 4. The van der Waals surface area contributed by atoms with Crippen LogP contribution in [0, 0.1) is 0 Å². The highest BCUT2D eigenvalue weighted by Crippen LogP contribution is 2.09. The van der Waals surface area contributed by atoms with Crippen LogP contribution in [0.4, 0.5) is 5.82 Å². The first-order chi connectivity index (χ1) is 7.99. The Morgan fingerprint density at radius 2 is 2.35 bits per heavy atom. The lowest BCUT2D eigenvalue weighted by Gasteiger charge is -2.13. The summed E-state index contributed by atoms with van der Waals surface area (Å²) in [5.41, 5.74) is 0.203. The molecule has 5 nitrogen and oxygen atoms in total. The average Bonchev–Trinajstić information content (AvgIpc) is 2.26. The van der Waals surface area contributed by atoms with Crippen molar-refractivity contribution in [2.75, 3.05) is 17.3 Å². The Morgan fingerprint density at radius 3 is 2.94 bits per heavy atom. The number of aromatic carboxylic acids is 1.